The minimum atomic E-state index is -0.422. The maximum absolute atomic E-state index is 12.9. The van der Waals surface area contributed by atoms with Gasteiger partial charge in [-0.15, -0.1) is 0 Å². The molecule has 0 aromatic heterocycles. The molecule has 3 amide bonds. The summed E-state index contributed by atoms with van der Waals surface area (Å²) in [6.07, 6.45) is 3.42. The molecule has 0 bridgehead atoms. The minimum Gasteiger partial charge on any atom is -0.354 e. The summed E-state index contributed by atoms with van der Waals surface area (Å²) in [4.78, 5) is 39.4. The van der Waals surface area contributed by atoms with Gasteiger partial charge in [-0.3, -0.25) is 14.4 Å². The summed E-state index contributed by atoms with van der Waals surface area (Å²) < 4.78 is 0. The van der Waals surface area contributed by atoms with Crippen LogP contribution < -0.4 is 10.6 Å². The average Bonchev–Trinajstić information content (AvgIpc) is 3.24. The second-order valence-corrected chi connectivity index (χ2v) is 7.72. The summed E-state index contributed by atoms with van der Waals surface area (Å²) >= 11 is 6.06. The molecule has 1 atom stereocenters. The summed E-state index contributed by atoms with van der Waals surface area (Å²) in [7, 11) is 0. The van der Waals surface area contributed by atoms with Crippen LogP contribution in [0.3, 0.4) is 0 Å². The summed E-state index contributed by atoms with van der Waals surface area (Å²) in [6.45, 7) is 3.27. The Kier molecular flexibility index (Phi) is 7.46. The van der Waals surface area contributed by atoms with E-state index in [-0.39, 0.29) is 17.7 Å². The molecule has 2 N–H and O–H groups in total. The number of unbranched alkanes of at least 4 members (excludes halogenated alkanes) is 1. The lowest BCUT2D eigenvalue weighted by Crippen LogP contribution is -2.46. The van der Waals surface area contributed by atoms with Crippen molar-refractivity contribution in [3.63, 3.8) is 0 Å². The van der Waals surface area contributed by atoms with E-state index in [9.17, 15) is 14.4 Å². The predicted molar refractivity (Wildman–Crippen MR) is 118 cm³/mol. The van der Waals surface area contributed by atoms with Crippen molar-refractivity contribution in [1.29, 1.82) is 0 Å². The zero-order valence-electron chi connectivity index (χ0n) is 17.0. The van der Waals surface area contributed by atoms with Gasteiger partial charge < -0.3 is 15.5 Å². The number of carbonyl (C=O) groups is 3. The molecule has 2 aromatic carbocycles. The van der Waals surface area contributed by atoms with Crippen LogP contribution in [-0.4, -0.2) is 41.8 Å². The summed E-state index contributed by atoms with van der Waals surface area (Å²) in [5.41, 5.74) is 1.43. The predicted octanol–water partition coefficient (Wildman–Crippen LogP) is 4.11. The molecule has 1 aliphatic heterocycles. The largest absolute Gasteiger partial charge is 0.354 e. The van der Waals surface area contributed by atoms with Crippen LogP contribution in [0.4, 0.5) is 5.69 Å². The molecule has 1 saturated heterocycles. The van der Waals surface area contributed by atoms with Gasteiger partial charge in [0, 0.05) is 24.3 Å². The van der Waals surface area contributed by atoms with E-state index in [1.54, 1.807) is 53.4 Å². The van der Waals surface area contributed by atoms with Crippen LogP contribution in [0, 0.1) is 0 Å². The Labute approximate surface area is 181 Å². The first-order chi connectivity index (χ1) is 14.5. The van der Waals surface area contributed by atoms with Crippen LogP contribution in [0.5, 0.6) is 0 Å². The quantitative estimate of drug-likeness (QED) is 0.652. The van der Waals surface area contributed by atoms with Crippen molar-refractivity contribution >= 4 is 35.0 Å². The van der Waals surface area contributed by atoms with Gasteiger partial charge in [0.1, 0.15) is 6.04 Å². The molecular formula is C23H26ClN3O3. The van der Waals surface area contributed by atoms with Gasteiger partial charge in [0.15, 0.2) is 0 Å². The SMILES string of the molecule is CCCCNC(=O)[C@@H]1CCCN1C(=O)c1ccc(NC(=O)c2ccccc2Cl)cc1. The van der Waals surface area contributed by atoms with Crippen LogP contribution >= 0.6 is 11.6 Å². The van der Waals surface area contributed by atoms with Gasteiger partial charge in [-0.25, -0.2) is 0 Å². The Morgan fingerprint density at radius 1 is 1.10 bits per heavy atom. The molecule has 0 aliphatic carbocycles. The first kappa shape index (κ1) is 21.8. The Morgan fingerprint density at radius 2 is 1.83 bits per heavy atom. The smallest absolute Gasteiger partial charge is 0.257 e. The first-order valence-electron chi connectivity index (χ1n) is 10.3. The maximum Gasteiger partial charge on any atom is 0.257 e. The molecule has 0 unspecified atom stereocenters. The molecule has 1 fully saturated rings. The molecule has 0 spiro atoms. The van der Waals surface area contributed by atoms with Gasteiger partial charge in [-0.2, -0.15) is 0 Å². The van der Waals surface area contributed by atoms with Crippen molar-refractivity contribution in [3.8, 4) is 0 Å². The Morgan fingerprint density at radius 3 is 2.53 bits per heavy atom. The number of amides is 3. The van der Waals surface area contributed by atoms with E-state index >= 15 is 0 Å². The Balaban J connectivity index is 1.64. The number of carbonyl (C=O) groups excluding carboxylic acids is 3. The van der Waals surface area contributed by atoms with E-state index in [4.69, 9.17) is 11.6 Å². The van der Waals surface area contributed by atoms with Crippen LogP contribution in [0.15, 0.2) is 48.5 Å². The van der Waals surface area contributed by atoms with Gasteiger partial charge in [0.05, 0.1) is 10.6 Å². The van der Waals surface area contributed by atoms with Crippen LogP contribution in [0.1, 0.15) is 53.3 Å². The van der Waals surface area contributed by atoms with Crippen molar-refractivity contribution in [1.82, 2.24) is 10.2 Å². The highest BCUT2D eigenvalue weighted by Crippen LogP contribution is 2.22. The van der Waals surface area contributed by atoms with Crippen molar-refractivity contribution < 1.29 is 14.4 Å². The zero-order valence-corrected chi connectivity index (χ0v) is 17.7. The van der Waals surface area contributed by atoms with E-state index in [0.717, 1.165) is 19.3 Å². The van der Waals surface area contributed by atoms with E-state index in [2.05, 4.69) is 17.6 Å². The highest BCUT2D eigenvalue weighted by atomic mass is 35.5. The number of anilines is 1. The van der Waals surface area contributed by atoms with E-state index in [1.807, 2.05) is 0 Å². The average molecular weight is 428 g/mol. The van der Waals surface area contributed by atoms with Crippen molar-refractivity contribution in [2.45, 2.75) is 38.6 Å². The first-order valence-corrected chi connectivity index (χ1v) is 10.6. The molecule has 3 rings (SSSR count). The topological polar surface area (TPSA) is 78.5 Å². The third-order valence-corrected chi connectivity index (χ3v) is 5.48. The fourth-order valence-electron chi connectivity index (χ4n) is 3.49. The third kappa shape index (κ3) is 5.19. The van der Waals surface area contributed by atoms with Crippen LogP contribution in [-0.2, 0) is 4.79 Å². The highest BCUT2D eigenvalue weighted by Gasteiger charge is 2.34. The lowest BCUT2D eigenvalue weighted by Gasteiger charge is -2.24. The Hall–Kier alpha value is -2.86. The molecule has 7 heteroatoms. The molecular weight excluding hydrogens is 402 g/mol. The summed E-state index contributed by atoms with van der Waals surface area (Å²) in [5, 5.41) is 6.07. The normalized spacial score (nSPS) is 15.7. The lowest BCUT2D eigenvalue weighted by atomic mass is 10.1. The fraction of sp³-hybridized carbons (Fsp3) is 0.348. The fourth-order valence-corrected chi connectivity index (χ4v) is 3.72. The molecule has 30 heavy (non-hydrogen) atoms. The Bertz CT molecular complexity index is 914. The maximum atomic E-state index is 12.9. The zero-order chi connectivity index (χ0) is 21.5. The van der Waals surface area contributed by atoms with Gasteiger partial charge in [-0.05, 0) is 55.7 Å². The van der Waals surface area contributed by atoms with Crippen LogP contribution in [0.2, 0.25) is 5.02 Å². The number of nitrogens with zero attached hydrogens (tertiary/aromatic N) is 1. The molecule has 2 aromatic rings. The molecule has 1 aliphatic rings. The van der Waals surface area contributed by atoms with E-state index in [1.165, 1.54) is 0 Å². The minimum absolute atomic E-state index is 0.0853. The lowest BCUT2D eigenvalue weighted by molar-refractivity contribution is -0.124. The van der Waals surface area contributed by atoms with Crippen molar-refractivity contribution in [2.75, 3.05) is 18.4 Å². The summed E-state index contributed by atoms with van der Waals surface area (Å²) in [5.74, 6) is -0.576. The molecule has 6 nitrogen and oxygen atoms in total. The van der Waals surface area contributed by atoms with Gasteiger partial charge in [0.2, 0.25) is 5.91 Å². The van der Waals surface area contributed by atoms with Crippen molar-refractivity contribution in [2.24, 2.45) is 0 Å². The second kappa shape index (κ2) is 10.3. The van der Waals surface area contributed by atoms with Crippen molar-refractivity contribution in [3.05, 3.63) is 64.7 Å². The second-order valence-electron chi connectivity index (χ2n) is 7.31. The van der Waals surface area contributed by atoms with Gasteiger partial charge >= 0.3 is 0 Å². The number of hydrogen-bond donors (Lipinski definition) is 2. The third-order valence-electron chi connectivity index (χ3n) is 5.15. The number of hydrogen-bond acceptors (Lipinski definition) is 3. The number of halogens is 1. The standard InChI is InChI=1S/C23H26ClN3O3/c1-2-3-14-25-22(29)20-9-6-15-27(20)23(30)16-10-12-17(13-11-16)26-21(28)18-7-4-5-8-19(18)24/h4-5,7-8,10-13,20H,2-3,6,9,14-15H2,1H3,(H,25,29)(H,26,28)/t20-/m0/s1. The summed E-state index contributed by atoms with van der Waals surface area (Å²) in [6, 6.07) is 13.1. The molecule has 0 radical (unpaired) electrons. The molecule has 158 valence electrons. The number of rotatable bonds is 7. The molecule has 1 heterocycles. The molecule has 0 saturated carbocycles. The monoisotopic (exact) mass is 427 g/mol. The van der Waals surface area contributed by atoms with Gasteiger partial charge in [-0.1, -0.05) is 37.1 Å². The van der Waals surface area contributed by atoms with Crippen LogP contribution in [0.25, 0.3) is 0 Å². The number of likely N-dealkylation sites (tertiary alicyclic amines) is 1. The highest BCUT2D eigenvalue weighted by molar-refractivity contribution is 6.34. The number of nitrogens with one attached hydrogen (secondary N) is 2. The number of benzene rings is 2. The van der Waals surface area contributed by atoms with E-state index in [0.29, 0.717) is 41.3 Å². The van der Waals surface area contributed by atoms with Gasteiger partial charge in [0.25, 0.3) is 11.8 Å². The van der Waals surface area contributed by atoms with E-state index < -0.39 is 6.04 Å².